The van der Waals surface area contributed by atoms with E-state index in [-0.39, 0.29) is 11.9 Å². The van der Waals surface area contributed by atoms with E-state index < -0.39 is 0 Å². The molecule has 0 radical (unpaired) electrons. The zero-order valence-electron chi connectivity index (χ0n) is 14.9. The first-order valence-electron chi connectivity index (χ1n) is 8.31. The van der Waals surface area contributed by atoms with Crippen molar-refractivity contribution in [1.82, 2.24) is 9.97 Å². The molecule has 3 aromatic rings. The Hall–Kier alpha value is -3.28. The van der Waals surface area contributed by atoms with Gasteiger partial charge >= 0.3 is 5.97 Å². The van der Waals surface area contributed by atoms with E-state index in [4.69, 9.17) is 4.74 Å². The van der Waals surface area contributed by atoms with Crippen LogP contribution in [-0.2, 0) is 4.74 Å². The Morgan fingerprint density at radius 3 is 2.19 bits per heavy atom. The molecule has 3 rings (SSSR count). The Morgan fingerprint density at radius 2 is 1.54 bits per heavy atom. The summed E-state index contributed by atoms with van der Waals surface area (Å²) in [7, 11) is 0. The van der Waals surface area contributed by atoms with E-state index in [1.807, 2.05) is 13.8 Å². The van der Waals surface area contributed by atoms with Gasteiger partial charge in [0.1, 0.15) is 0 Å². The van der Waals surface area contributed by atoms with Crippen molar-refractivity contribution in [3.8, 4) is 0 Å². The van der Waals surface area contributed by atoms with Crippen LogP contribution in [0.25, 0.3) is 11.0 Å². The highest BCUT2D eigenvalue weighted by Gasteiger charge is 2.10. The van der Waals surface area contributed by atoms with Gasteiger partial charge in [0.05, 0.1) is 34.6 Å². The second-order valence-electron chi connectivity index (χ2n) is 5.85. The van der Waals surface area contributed by atoms with Crippen LogP contribution < -0.4 is 5.32 Å². The van der Waals surface area contributed by atoms with Gasteiger partial charge in [-0.1, -0.05) is 0 Å². The molecule has 1 aromatic heterocycles. The average Bonchev–Trinajstić information content (AvgIpc) is 2.63. The first kappa shape index (κ1) is 17.5. The number of ether oxygens (including phenoxy) is 1. The number of amides is 1. The largest absolute Gasteiger partial charge is 0.462 e. The summed E-state index contributed by atoms with van der Waals surface area (Å²) in [6.45, 7) is 5.87. The van der Waals surface area contributed by atoms with Crippen molar-refractivity contribution in [3.63, 3.8) is 0 Å². The molecule has 2 aromatic carbocycles. The number of rotatable bonds is 4. The third kappa shape index (κ3) is 3.69. The van der Waals surface area contributed by atoms with Gasteiger partial charge < -0.3 is 10.1 Å². The molecule has 6 heteroatoms. The Bertz CT molecular complexity index is 982. The second-order valence-corrected chi connectivity index (χ2v) is 5.85. The zero-order chi connectivity index (χ0) is 18.7. The van der Waals surface area contributed by atoms with Crippen molar-refractivity contribution in [1.29, 1.82) is 0 Å². The molecule has 0 fully saturated rings. The molecule has 0 saturated carbocycles. The van der Waals surface area contributed by atoms with E-state index in [1.54, 1.807) is 49.4 Å². The highest BCUT2D eigenvalue weighted by Crippen LogP contribution is 2.17. The molecule has 0 aliphatic carbocycles. The van der Waals surface area contributed by atoms with Crippen molar-refractivity contribution in [2.24, 2.45) is 0 Å². The summed E-state index contributed by atoms with van der Waals surface area (Å²) >= 11 is 0. The van der Waals surface area contributed by atoms with Crippen LogP contribution in [0.4, 0.5) is 5.69 Å². The Balaban J connectivity index is 1.78. The maximum atomic E-state index is 12.5. The van der Waals surface area contributed by atoms with E-state index in [2.05, 4.69) is 15.3 Å². The van der Waals surface area contributed by atoms with Gasteiger partial charge in [-0.05, 0) is 63.2 Å². The van der Waals surface area contributed by atoms with Crippen molar-refractivity contribution in [3.05, 3.63) is 65.0 Å². The predicted octanol–water partition coefficient (Wildman–Crippen LogP) is 3.68. The zero-order valence-corrected chi connectivity index (χ0v) is 14.9. The van der Waals surface area contributed by atoms with E-state index in [0.717, 1.165) is 16.9 Å². The Kier molecular flexibility index (Phi) is 4.93. The van der Waals surface area contributed by atoms with Gasteiger partial charge in [0.2, 0.25) is 0 Å². The summed E-state index contributed by atoms with van der Waals surface area (Å²) in [5, 5.41) is 2.81. The molecule has 0 spiro atoms. The maximum Gasteiger partial charge on any atom is 0.338 e. The molecule has 0 aliphatic rings. The number of aryl methyl sites for hydroxylation is 2. The number of nitrogens with zero attached hydrogens (tertiary/aromatic N) is 2. The van der Waals surface area contributed by atoms with Crippen LogP contribution in [0.5, 0.6) is 0 Å². The molecule has 0 atom stereocenters. The number of hydrogen-bond donors (Lipinski definition) is 1. The maximum absolute atomic E-state index is 12.5. The van der Waals surface area contributed by atoms with E-state index in [9.17, 15) is 9.59 Å². The van der Waals surface area contributed by atoms with Gasteiger partial charge in [0, 0.05) is 11.3 Å². The van der Waals surface area contributed by atoms with Crippen molar-refractivity contribution < 1.29 is 14.3 Å². The number of nitrogens with one attached hydrogen (secondary N) is 1. The molecule has 0 bridgehead atoms. The fraction of sp³-hybridized carbons (Fsp3) is 0.200. The number of carbonyl (C=O) groups excluding carboxylic acids is 2. The minimum atomic E-state index is -0.385. The molecule has 1 N–H and O–H groups in total. The number of anilines is 1. The van der Waals surface area contributed by atoms with Gasteiger partial charge in [-0.25, -0.2) is 14.8 Å². The van der Waals surface area contributed by atoms with Crippen molar-refractivity contribution >= 4 is 28.6 Å². The number of benzene rings is 2. The highest BCUT2D eigenvalue weighted by atomic mass is 16.5. The summed E-state index contributed by atoms with van der Waals surface area (Å²) in [6, 6.07) is 11.8. The lowest BCUT2D eigenvalue weighted by Gasteiger charge is -2.08. The Labute approximate surface area is 151 Å². The average molecular weight is 349 g/mol. The third-order valence-corrected chi connectivity index (χ3v) is 3.99. The van der Waals surface area contributed by atoms with E-state index >= 15 is 0 Å². The number of aromatic nitrogens is 2. The van der Waals surface area contributed by atoms with Crippen molar-refractivity contribution in [2.75, 3.05) is 11.9 Å². The first-order valence-corrected chi connectivity index (χ1v) is 8.31. The lowest BCUT2D eigenvalue weighted by atomic mass is 10.1. The normalized spacial score (nSPS) is 10.6. The summed E-state index contributed by atoms with van der Waals surface area (Å²) in [5.41, 5.74) is 4.67. The fourth-order valence-electron chi connectivity index (χ4n) is 2.48. The van der Waals surface area contributed by atoms with Crippen LogP contribution in [0.15, 0.2) is 42.5 Å². The first-order chi connectivity index (χ1) is 12.5. The number of carbonyl (C=O) groups is 2. The van der Waals surface area contributed by atoms with Crippen LogP contribution in [0.3, 0.4) is 0 Å². The van der Waals surface area contributed by atoms with Gasteiger partial charge in [0.15, 0.2) is 0 Å². The lowest BCUT2D eigenvalue weighted by Crippen LogP contribution is -2.12. The van der Waals surface area contributed by atoms with Crippen LogP contribution >= 0.6 is 0 Å². The van der Waals surface area contributed by atoms with Crippen LogP contribution in [0.1, 0.15) is 39.0 Å². The molecular formula is C20H19N3O3. The minimum absolute atomic E-state index is 0.254. The number of hydrogen-bond acceptors (Lipinski definition) is 5. The third-order valence-electron chi connectivity index (χ3n) is 3.99. The minimum Gasteiger partial charge on any atom is -0.462 e. The lowest BCUT2D eigenvalue weighted by molar-refractivity contribution is 0.0526. The molecule has 26 heavy (non-hydrogen) atoms. The fourth-order valence-corrected chi connectivity index (χ4v) is 2.48. The van der Waals surface area contributed by atoms with Crippen LogP contribution in [0.2, 0.25) is 0 Å². The number of fused-ring (bicyclic) bond motifs is 1. The summed E-state index contributed by atoms with van der Waals surface area (Å²) in [4.78, 5) is 33.1. The molecule has 0 aliphatic heterocycles. The molecule has 1 amide bonds. The monoisotopic (exact) mass is 349 g/mol. The standard InChI is InChI=1S/C20H19N3O3/c1-4-26-20(25)14-5-8-16(9-6-14)23-19(24)15-7-10-17-18(11-15)22-13(3)12(2)21-17/h5-11H,4H2,1-3H3,(H,23,24). The van der Waals surface area contributed by atoms with Gasteiger partial charge in [-0.15, -0.1) is 0 Å². The van der Waals surface area contributed by atoms with E-state index in [1.165, 1.54) is 0 Å². The van der Waals surface area contributed by atoms with Gasteiger partial charge in [-0.3, -0.25) is 4.79 Å². The quantitative estimate of drug-likeness (QED) is 0.727. The number of esters is 1. The van der Waals surface area contributed by atoms with Gasteiger partial charge in [-0.2, -0.15) is 0 Å². The predicted molar refractivity (Wildman–Crippen MR) is 99.4 cm³/mol. The van der Waals surface area contributed by atoms with Crippen LogP contribution in [0, 0.1) is 13.8 Å². The summed E-state index contributed by atoms with van der Waals surface area (Å²) in [6.07, 6.45) is 0. The SMILES string of the molecule is CCOC(=O)c1ccc(NC(=O)c2ccc3nc(C)c(C)nc3c2)cc1. The van der Waals surface area contributed by atoms with E-state index in [0.29, 0.717) is 28.9 Å². The Morgan fingerprint density at radius 1 is 0.923 bits per heavy atom. The highest BCUT2D eigenvalue weighted by molar-refractivity contribution is 6.06. The molecule has 0 unspecified atom stereocenters. The van der Waals surface area contributed by atoms with Crippen molar-refractivity contribution in [2.45, 2.75) is 20.8 Å². The molecular weight excluding hydrogens is 330 g/mol. The van der Waals surface area contributed by atoms with Gasteiger partial charge in [0.25, 0.3) is 5.91 Å². The second kappa shape index (κ2) is 7.31. The topological polar surface area (TPSA) is 81.2 Å². The smallest absolute Gasteiger partial charge is 0.338 e. The molecule has 6 nitrogen and oxygen atoms in total. The molecule has 1 heterocycles. The van der Waals surface area contributed by atoms with Crippen LogP contribution in [-0.4, -0.2) is 28.5 Å². The molecule has 132 valence electrons. The molecule has 0 saturated heterocycles. The summed E-state index contributed by atoms with van der Waals surface area (Å²) < 4.78 is 4.94. The summed E-state index contributed by atoms with van der Waals surface area (Å²) in [5.74, 6) is -0.639.